The van der Waals surface area contributed by atoms with Gasteiger partial charge < -0.3 is 9.47 Å². The third-order valence-electron chi connectivity index (χ3n) is 1.63. The summed E-state index contributed by atoms with van der Waals surface area (Å²) in [7, 11) is 1.31. The minimum atomic E-state index is -0.613. The molecule has 0 aromatic carbocycles. The van der Waals surface area contributed by atoms with Crippen LogP contribution in [0.1, 0.15) is 25.7 Å². The molecule has 11 heavy (non-hydrogen) atoms. The van der Waals surface area contributed by atoms with Crippen molar-refractivity contribution in [2.75, 3.05) is 7.11 Å². The fraction of sp³-hybridized carbons (Fsp3) is 0.625. The molecule has 1 aliphatic carbocycles. The highest BCUT2D eigenvalue weighted by Gasteiger charge is 2.08. The van der Waals surface area contributed by atoms with Crippen molar-refractivity contribution in [2.24, 2.45) is 0 Å². The van der Waals surface area contributed by atoms with Gasteiger partial charge in [0.15, 0.2) is 0 Å². The Kier molecular flexibility index (Phi) is 2.95. The Hall–Kier alpha value is -0.990. The van der Waals surface area contributed by atoms with Gasteiger partial charge in [0.05, 0.1) is 7.11 Å². The van der Waals surface area contributed by atoms with Crippen LogP contribution in [0.4, 0.5) is 4.79 Å². The van der Waals surface area contributed by atoms with E-state index in [1.807, 2.05) is 6.08 Å². The minimum Gasteiger partial charge on any atom is -0.437 e. The van der Waals surface area contributed by atoms with Crippen LogP contribution in [0.25, 0.3) is 0 Å². The van der Waals surface area contributed by atoms with Gasteiger partial charge in [-0.1, -0.05) is 0 Å². The van der Waals surface area contributed by atoms with E-state index in [1.54, 1.807) is 0 Å². The molecule has 0 saturated carbocycles. The van der Waals surface area contributed by atoms with Crippen molar-refractivity contribution >= 4 is 6.16 Å². The molecular weight excluding hydrogens is 144 g/mol. The van der Waals surface area contributed by atoms with Gasteiger partial charge in [0.2, 0.25) is 0 Å². The Morgan fingerprint density at radius 3 is 2.91 bits per heavy atom. The smallest absolute Gasteiger partial charge is 0.437 e. The zero-order chi connectivity index (χ0) is 8.10. The second-order valence-electron chi connectivity index (χ2n) is 2.47. The second-order valence-corrected chi connectivity index (χ2v) is 2.47. The van der Waals surface area contributed by atoms with Crippen molar-refractivity contribution in [3.05, 3.63) is 11.8 Å². The molecule has 0 fully saturated rings. The molecule has 0 aromatic rings. The molecule has 0 saturated heterocycles. The van der Waals surface area contributed by atoms with Gasteiger partial charge in [-0.25, -0.2) is 4.79 Å². The van der Waals surface area contributed by atoms with E-state index in [4.69, 9.17) is 4.74 Å². The first-order chi connectivity index (χ1) is 5.33. The van der Waals surface area contributed by atoms with Crippen LogP contribution in [-0.2, 0) is 9.47 Å². The number of hydrogen-bond acceptors (Lipinski definition) is 3. The maximum atomic E-state index is 10.6. The van der Waals surface area contributed by atoms with Gasteiger partial charge in [0.1, 0.15) is 5.76 Å². The van der Waals surface area contributed by atoms with E-state index in [0.29, 0.717) is 0 Å². The lowest BCUT2D eigenvalue weighted by Crippen LogP contribution is -2.05. The molecule has 3 nitrogen and oxygen atoms in total. The number of carbonyl (C=O) groups is 1. The van der Waals surface area contributed by atoms with Crippen LogP contribution >= 0.6 is 0 Å². The summed E-state index contributed by atoms with van der Waals surface area (Å²) in [5.74, 6) is 0.753. The van der Waals surface area contributed by atoms with Crippen LogP contribution in [0.15, 0.2) is 11.8 Å². The molecule has 62 valence electrons. The molecule has 0 atom stereocenters. The van der Waals surface area contributed by atoms with Gasteiger partial charge in [0, 0.05) is 6.42 Å². The SMILES string of the molecule is COC(=O)OC1=CCCCC1. The number of ether oxygens (including phenoxy) is 2. The third kappa shape index (κ3) is 2.62. The van der Waals surface area contributed by atoms with Gasteiger partial charge in [0.25, 0.3) is 0 Å². The lowest BCUT2D eigenvalue weighted by atomic mass is 10.1. The van der Waals surface area contributed by atoms with Gasteiger partial charge in [-0.2, -0.15) is 0 Å². The van der Waals surface area contributed by atoms with E-state index in [0.717, 1.165) is 25.0 Å². The fourth-order valence-electron chi connectivity index (χ4n) is 1.05. The molecule has 0 radical (unpaired) electrons. The van der Waals surface area contributed by atoms with Crippen molar-refractivity contribution in [1.29, 1.82) is 0 Å². The van der Waals surface area contributed by atoms with Gasteiger partial charge in [-0.05, 0) is 25.3 Å². The first-order valence-electron chi connectivity index (χ1n) is 3.78. The number of methoxy groups -OCH3 is 1. The topological polar surface area (TPSA) is 35.5 Å². The maximum absolute atomic E-state index is 10.6. The van der Waals surface area contributed by atoms with Crippen LogP contribution in [0, 0.1) is 0 Å². The molecule has 1 rings (SSSR count). The Balaban J connectivity index is 2.35. The Morgan fingerprint density at radius 1 is 1.55 bits per heavy atom. The number of hydrogen-bond donors (Lipinski definition) is 0. The summed E-state index contributed by atoms with van der Waals surface area (Å²) in [6.45, 7) is 0. The molecule has 1 aliphatic rings. The Bertz CT molecular complexity index is 172. The minimum absolute atomic E-state index is 0.613. The van der Waals surface area contributed by atoms with Crippen LogP contribution in [0.3, 0.4) is 0 Å². The van der Waals surface area contributed by atoms with Crippen LogP contribution < -0.4 is 0 Å². The molecular formula is C8H12O3. The van der Waals surface area contributed by atoms with E-state index in [2.05, 4.69) is 4.74 Å². The predicted octanol–water partition coefficient (Wildman–Crippen LogP) is 2.23. The molecule has 0 spiro atoms. The number of carbonyl (C=O) groups excluding carboxylic acids is 1. The normalized spacial score (nSPS) is 17.0. The summed E-state index contributed by atoms with van der Waals surface area (Å²) in [6, 6.07) is 0. The van der Waals surface area contributed by atoms with Crippen LogP contribution in [0.5, 0.6) is 0 Å². The van der Waals surface area contributed by atoms with Crippen LogP contribution in [-0.4, -0.2) is 13.3 Å². The van der Waals surface area contributed by atoms with Crippen molar-refractivity contribution in [3.8, 4) is 0 Å². The van der Waals surface area contributed by atoms with Crippen molar-refractivity contribution in [2.45, 2.75) is 25.7 Å². The standard InChI is InChI=1S/C8H12O3/c1-10-8(9)11-7-5-3-2-4-6-7/h5H,2-4,6H2,1H3. The molecule has 0 bridgehead atoms. The molecule has 0 heterocycles. The second kappa shape index (κ2) is 4.01. The quantitative estimate of drug-likeness (QED) is 0.546. The van der Waals surface area contributed by atoms with Crippen molar-refractivity contribution in [1.82, 2.24) is 0 Å². The third-order valence-corrected chi connectivity index (χ3v) is 1.63. The number of rotatable bonds is 1. The van der Waals surface area contributed by atoms with Gasteiger partial charge in [-0.15, -0.1) is 0 Å². The first-order valence-corrected chi connectivity index (χ1v) is 3.78. The fourth-order valence-corrected chi connectivity index (χ4v) is 1.05. The largest absolute Gasteiger partial charge is 0.513 e. The maximum Gasteiger partial charge on any atom is 0.513 e. The van der Waals surface area contributed by atoms with E-state index in [9.17, 15) is 4.79 Å². The summed E-state index contributed by atoms with van der Waals surface area (Å²) in [5, 5.41) is 0. The van der Waals surface area contributed by atoms with Gasteiger partial charge in [-0.3, -0.25) is 0 Å². The van der Waals surface area contributed by atoms with Crippen LogP contribution in [0.2, 0.25) is 0 Å². The molecule has 0 unspecified atom stereocenters. The summed E-state index contributed by atoms with van der Waals surface area (Å²) < 4.78 is 9.19. The summed E-state index contributed by atoms with van der Waals surface area (Å²) in [6.07, 6.45) is 5.48. The highest BCUT2D eigenvalue weighted by atomic mass is 16.7. The van der Waals surface area contributed by atoms with E-state index >= 15 is 0 Å². The van der Waals surface area contributed by atoms with Crippen molar-refractivity contribution in [3.63, 3.8) is 0 Å². The summed E-state index contributed by atoms with van der Waals surface area (Å²) in [5.41, 5.74) is 0. The van der Waals surface area contributed by atoms with Gasteiger partial charge >= 0.3 is 6.16 Å². The predicted molar refractivity (Wildman–Crippen MR) is 40.0 cm³/mol. The highest BCUT2D eigenvalue weighted by Crippen LogP contribution is 2.18. The molecule has 0 aromatic heterocycles. The Morgan fingerprint density at radius 2 is 2.36 bits per heavy atom. The molecule has 0 amide bonds. The summed E-state index contributed by atoms with van der Waals surface area (Å²) >= 11 is 0. The number of allylic oxidation sites excluding steroid dienone is 2. The molecule has 0 aliphatic heterocycles. The monoisotopic (exact) mass is 156 g/mol. The first kappa shape index (κ1) is 8.11. The molecule has 0 N–H and O–H groups in total. The van der Waals surface area contributed by atoms with E-state index < -0.39 is 6.16 Å². The van der Waals surface area contributed by atoms with E-state index in [-0.39, 0.29) is 0 Å². The lowest BCUT2D eigenvalue weighted by Gasteiger charge is -2.10. The Labute approximate surface area is 66.0 Å². The average Bonchev–Trinajstić information content (AvgIpc) is 2.06. The summed E-state index contributed by atoms with van der Waals surface area (Å²) in [4.78, 5) is 10.6. The zero-order valence-electron chi connectivity index (χ0n) is 6.63. The molecule has 3 heteroatoms. The van der Waals surface area contributed by atoms with Crippen molar-refractivity contribution < 1.29 is 14.3 Å². The zero-order valence-corrected chi connectivity index (χ0v) is 6.63. The van der Waals surface area contributed by atoms with E-state index in [1.165, 1.54) is 13.5 Å². The lowest BCUT2D eigenvalue weighted by molar-refractivity contribution is 0.0934. The highest BCUT2D eigenvalue weighted by molar-refractivity contribution is 5.61. The average molecular weight is 156 g/mol.